The first-order chi connectivity index (χ1) is 14.3. The van der Waals surface area contributed by atoms with E-state index in [4.69, 9.17) is 9.47 Å². The van der Waals surface area contributed by atoms with Gasteiger partial charge in [-0.25, -0.2) is 8.42 Å². The molecule has 0 atom stereocenters. The first-order valence-electron chi connectivity index (χ1n) is 10.1. The number of hydrogen-bond donors (Lipinski definition) is 0. The number of aryl methyl sites for hydroxylation is 2. The highest BCUT2D eigenvalue weighted by atomic mass is 32.2. The van der Waals surface area contributed by atoms with Crippen LogP contribution in [0.15, 0.2) is 41.3 Å². The van der Waals surface area contributed by atoms with E-state index in [1.807, 2.05) is 32.0 Å². The second kappa shape index (κ2) is 8.28. The van der Waals surface area contributed by atoms with E-state index >= 15 is 0 Å². The highest BCUT2D eigenvalue weighted by Crippen LogP contribution is 2.33. The summed E-state index contributed by atoms with van der Waals surface area (Å²) in [5.74, 6) is 1.03. The second-order valence-corrected chi connectivity index (χ2v) is 9.62. The quantitative estimate of drug-likeness (QED) is 0.743. The second-order valence-electron chi connectivity index (χ2n) is 7.69. The van der Waals surface area contributed by atoms with Gasteiger partial charge < -0.3 is 14.4 Å². The summed E-state index contributed by atoms with van der Waals surface area (Å²) in [5, 5.41) is 0. The number of carbonyl (C=O) groups excluding carboxylic acids is 1. The zero-order chi connectivity index (χ0) is 21.3. The number of rotatable bonds is 4. The first-order valence-corrected chi connectivity index (χ1v) is 11.5. The molecule has 1 fully saturated rings. The van der Waals surface area contributed by atoms with Crippen LogP contribution in [0.5, 0.6) is 11.5 Å². The average Bonchev–Trinajstić information content (AvgIpc) is 2.76. The first kappa shape index (κ1) is 20.7. The SMILES string of the molecule is Cc1ccc(CC(=O)N2CCN(S(=O)(=O)c3ccc4c(c3)OCCO4)CC2)cc1C. The van der Waals surface area contributed by atoms with Crippen LogP contribution in [0.1, 0.15) is 16.7 Å². The van der Waals surface area contributed by atoms with Gasteiger partial charge in [-0.3, -0.25) is 4.79 Å². The van der Waals surface area contributed by atoms with Gasteiger partial charge in [0.1, 0.15) is 13.2 Å². The molecule has 2 aliphatic heterocycles. The smallest absolute Gasteiger partial charge is 0.243 e. The lowest BCUT2D eigenvalue weighted by atomic mass is 10.0. The Morgan fingerprint density at radius 1 is 0.900 bits per heavy atom. The maximum Gasteiger partial charge on any atom is 0.243 e. The van der Waals surface area contributed by atoms with Crippen LogP contribution >= 0.6 is 0 Å². The summed E-state index contributed by atoms with van der Waals surface area (Å²) in [4.78, 5) is 14.6. The average molecular weight is 431 g/mol. The fourth-order valence-electron chi connectivity index (χ4n) is 3.71. The van der Waals surface area contributed by atoms with Gasteiger partial charge in [-0.05, 0) is 42.7 Å². The third kappa shape index (κ3) is 4.15. The Balaban J connectivity index is 1.39. The molecule has 0 bridgehead atoms. The summed E-state index contributed by atoms with van der Waals surface area (Å²) < 4.78 is 38.5. The molecule has 7 nitrogen and oxygen atoms in total. The lowest BCUT2D eigenvalue weighted by Gasteiger charge is -2.34. The lowest BCUT2D eigenvalue weighted by Crippen LogP contribution is -2.50. The summed E-state index contributed by atoms with van der Waals surface area (Å²) >= 11 is 0. The minimum Gasteiger partial charge on any atom is -0.486 e. The molecule has 0 spiro atoms. The molecule has 0 unspecified atom stereocenters. The van der Waals surface area contributed by atoms with Crippen molar-refractivity contribution < 1.29 is 22.7 Å². The van der Waals surface area contributed by atoms with Crippen molar-refractivity contribution in [1.82, 2.24) is 9.21 Å². The molecule has 0 aromatic heterocycles. The highest BCUT2D eigenvalue weighted by molar-refractivity contribution is 7.89. The number of benzene rings is 2. The van der Waals surface area contributed by atoms with Gasteiger partial charge in [-0.2, -0.15) is 4.31 Å². The van der Waals surface area contributed by atoms with Crippen molar-refractivity contribution >= 4 is 15.9 Å². The zero-order valence-corrected chi connectivity index (χ0v) is 18.1. The van der Waals surface area contributed by atoms with Gasteiger partial charge in [0.05, 0.1) is 11.3 Å². The maximum atomic E-state index is 13.0. The molecule has 4 rings (SSSR count). The Kier molecular flexibility index (Phi) is 5.71. The van der Waals surface area contributed by atoms with Crippen molar-refractivity contribution in [2.24, 2.45) is 0 Å². The topological polar surface area (TPSA) is 76.2 Å². The lowest BCUT2D eigenvalue weighted by molar-refractivity contribution is -0.131. The van der Waals surface area contributed by atoms with Gasteiger partial charge >= 0.3 is 0 Å². The number of hydrogen-bond acceptors (Lipinski definition) is 5. The Morgan fingerprint density at radius 2 is 1.60 bits per heavy atom. The Bertz CT molecular complexity index is 1060. The van der Waals surface area contributed by atoms with Gasteiger partial charge in [0.25, 0.3) is 0 Å². The molecular weight excluding hydrogens is 404 g/mol. The molecule has 1 amide bonds. The third-order valence-corrected chi connectivity index (χ3v) is 7.56. The van der Waals surface area contributed by atoms with Crippen LogP contribution in [0.2, 0.25) is 0 Å². The molecule has 2 aromatic carbocycles. The molecule has 0 aliphatic carbocycles. The minimum atomic E-state index is -3.65. The summed E-state index contributed by atoms with van der Waals surface area (Å²) in [5.41, 5.74) is 3.34. The number of piperazine rings is 1. The monoisotopic (exact) mass is 430 g/mol. The molecule has 2 aliphatic rings. The van der Waals surface area contributed by atoms with Crippen molar-refractivity contribution in [3.05, 3.63) is 53.1 Å². The fraction of sp³-hybridized carbons (Fsp3) is 0.409. The number of amides is 1. The molecule has 30 heavy (non-hydrogen) atoms. The van der Waals surface area contributed by atoms with Crippen LogP contribution in [0, 0.1) is 13.8 Å². The zero-order valence-electron chi connectivity index (χ0n) is 17.3. The normalized spacial score (nSPS) is 17.1. The van der Waals surface area contributed by atoms with E-state index in [-0.39, 0.29) is 23.9 Å². The van der Waals surface area contributed by atoms with E-state index in [0.717, 1.165) is 11.1 Å². The number of ether oxygens (including phenoxy) is 2. The van der Waals surface area contributed by atoms with E-state index in [2.05, 4.69) is 0 Å². The molecule has 8 heteroatoms. The van der Waals surface area contributed by atoms with E-state index in [9.17, 15) is 13.2 Å². The van der Waals surface area contributed by atoms with Gasteiger partial charge in [0.2, 0.25) is 15.9 Å². The molecule has 2 aromatic rings. The van der Waals surface area contributed by atoms with Gasteiger partial charge in [0.15, 0.2) is 11.5 Å². The van der Waals surface area contributed by atoms with Gasteiger partial charge in [-0.15, -0.1) is 0 Å². The predicted molar refractivity (Wildman–Crippen MR) is 112 cm³/mol. The summed E-state index contributed by atoms with van der Waals surface area (Å²) in [7, 11) is -3.65. The van der Waals surface area contributed by atoms with Gasteiger partial charge in [-0.1, -0.05) is 18.2 Å². The molecule has 160 valence electrons. The summed E-state index contributed by atoms with van der Waals surface area (Å²) in [6.45, 7) is 6.24. The minimum absolute atomic E-state index is 0.0228. The van der Waals surface area contributed by atoms with Crippen LogP contribution in [-0.2, 0) is 21.2 Å². The van der Waals surface area contributed by atoms with Gasteiger partial charge in [0, 0.05) is 32.2 Å². The highest BCUT2D eigenvalue weighted by Gasteiger charge is 2.31. The van der Waals surface area contributed by atoms with Crippen molar-refractivity contribution in [3.63, 3.8) is 0 Å². The van der Waals surface area contributed by atoms with Crippen LogP contribution in [0.3, 0.4) is 0 Å². The molecule has 1 saturated heterocycles. The Hall–Kier alpha value is -2.58. The number of nitrogens with zero attached hydrogens (tertiary/aromatic N) is 2. The standard InChI is InChI=1S/C22H26N2O5S/c1-16-3-4-18(13-17(16)2)14-22(25)23-7-9-24(10-8-23)30(26,27)19-5-6-20-21(15-19)29-12-11-28-20/h3-6,13,15H,7-12,14H2,1-2H3. The molecular formula is C22H26N2O5S. The Morgan fingerprint density at radius 3 is 2.30 bits per heavy atom. The van der Waals surface area contributed by atoms with E-state index in [1.54, 1.807) is 17.0 Å². The summed E-state index contributed by atoms with van der Waals surface area (Å²) in [6, 6.07) is 10.7. The van der Waals surface area contributed by atoms with E-state index in [0.29, 0.717) is 44.2 Å². The van der Waals surface area contributed by atoms with Crippen molar-refractivity contribution in [3.8, 4) is 11.5 Å². The largest absolute Gasteiger partial charge is 0.486 e. The van der Waals surface area contributed by atoms with Crippen LogP contribution in [-0.4, -0.2) is 62.9 Å². The van der Waals surface area contributed by atoms with Crippen LogP contribution < -0.4 is 9.47 Å². The molecule has 0 N–H and O–H groups in total. The molecule has 0 saturated carbocycles. The van der Waals surface area contributed by atoms with Crippen molar-refractivity contribution in [1.29, 1.82) is 0 Å². The third-order valence-electron chi connectivity index (χ3n) is 5.67. The van der Waals surface area contributed by atoms with Crippen LogP contribution in [0.4, 0.5) is 0 Å². The van der Waals surface area contributed by atoms with Crippen molar-refractivity contribution in [2.75, 3.05) is 39.4 Å². The number of carbonyl (C=O) groups is 1. The Labute approximate surface area is 177 Å². The van der Waals surface area contributed by atoms with Crippen molar-refractivity contribution in [2.45, 2.75) is 25.2 Å². The fourth-order valence-corrected chi connectivity index (χ4v) is 5.15. The number of fused-ring (bicyclic) bond motifs is 1. The summed E-state index contributed by atoms with van der Waals surface area (Å²) in [6.07, 6.45) is 0.329. The molecule has 0 radical (unpaired) electrons. The van der Waals surface area contributed by atoms with Crippen LogP contribution in [0.25, 0.3) is 0 Å². The number of sulfonamides is 1. The maximum absolute atomic E-state index is 13.0. The molecule has 2 heterocycles. The predicted octanol–water partition coefficient (Wildman–Crippen LogP) is 2.15. The van der Waals surface area contributed by atoms with E-state index in [1.165, 1.54) is 15.9 Å². The van der Waals surface area contributed by atoms with E-state index < -0.39 is 10.0 Å².